The lowest BCUT2D eigenvalue weighted by molar-refractivity contribution is -0.385. The summed E-state index contributed by atoms with van der Waals surface area (Å²) in [5.74, 6) is -4.64. The molecule has 3 amide bonds. The van der Waals surface area contributed by atoms with Gasteiger partial charge >= 0.3 is 17.6 Å². The van der Waals surface area contributed by atoms with E-state index in [1.54, 1.807) is 44.8 Å². The number of benzene rings is 1. The monoisotopic (exact) mass is 776 g/mol. The van der Waals surface area contributed by atoms with Crippen LogP contribution in [0.1, 0.15) is 102 Å². The first-order valence-electron chi connectivity index (χ1n) is 17.9. The Labute approximate surface area is 320 Å². The third kappa shape index (κ3) is 12.2. The van der Waals surface area contributed by atoms with Gasteiger partial charge < -0.3 is 30.5 Å². The van der Waals surface area contributed by atoms with Gasteiger partial charge in [0.2, 0.25) is 11.8 Å². The van der Waals surface area contributed by atoms with Crippen LogP contribution in [0.4, 0.5) is 5.69 Å². The van der Waals surface area contributed by atoms with E-state index in [-0.39, 0.29) is 48.6 Å². The number of thiazole rings is 1. The number of esters is 1. The van der Waals surface area contributed by atoms with Crippen LogP contribution in [0.5, 0.6) is 5.75 Å². The molecule has 2 aromatic rings. The highest BCUT2D eigenvalue weighted by molar-refractivity contribution is 7.09. The largest absolute Gasteiger partial charge is 0.502 e. The minimum atomic E-state index is -1.09. The summed E-state index contributed by atoms with van der Waals surface area (Å²) < 4.78 is 5.71. The fourth-order valence-electron chi connectivity index (χ4n) is 5.73. The molecular weight excluding hydrogens is 721 g/mol. The highest BCUT2D eigenvalue weighted by Gasteiger charge is 2.39. The van der Waals surface area contributed by atoms with Crippen LogP contribution in [0.25, 0.3) is 0 Å². The molecule has 1 aromatic carbocycles. The number of amides is 3. The normalized spacial score (nSPS) is 15.1. The number of ether oxygens (including phenoxy) is 1. The van der Waals surface area contributed by atoms with Crippen molar-refractivity contribution in [2.45, 2.75) is 111 Å². The summed E-state index contributed by atoms with van der Waals surface area (Å²) in [6, 6.07) is 1.70. The maximum atomic E-state index is 14.1. The third-order valence-corrected chi connectivity index (χ3v) is 10.9. The van der Waals surface area contributed by atoms with Crippen LogP contribution < -0.4 is 10.6 Å². The van der Waals surface area contributed by atoms with Crippen molar-refractivity contribution >= 4 is 46.7 Å². The number of nitro benzene ring substituents is 1. The van der Waals surface area contributed by atoms with Gasteiger partial charge in [0.05, 0.1) is 16.4 Å². The fraction of sp³-hybridized carbons (Fsp3) is 0.622. The van der Waals surface area contributed by atoms with Crippen molar-refractivity contribution in [3.8, 4) is 5.75 Å². The Bertz CT molecular complexity index is 1660. The molecule has 1 heterocycles. The lowest BCUT2D eigenvalue weighted by atomic mass is 9.92. The van der Waals surface area contributed by atoms with Crippen molar-refractivity contribution in [1.29, 1.82) is 0 Å². The minimum absolute atomic E-state index is 0.00994. The van der Waals surface area contributed by atoms with Crippen LogP contribution in [0.15, 0.2) is 23.6 Å². The van der Waals surface area contributed by atoms with Crippen molar-refractivity contribution in [2.75, 3.05) is 21.1 Å². The molecule has 0 unspecified atom stereocenters. The van der Waals surface area contributed by atoms with E-state index in [0.29, 0.717) is 17.0 Å². The van der Waals surface area contributed by atoms with Gasteiger partial charge in [0.25, 0.3) is 5.91 Å². The van der Waals surface area contributed by atoms with Crippen molar-refractivity contribution in [3.05, 3.63) is 50.0 Å². The molecule has 0 aliphatic rings. The van der Waals surface area contributed by atoms with Crippen LogP contribution >= 0.6 is 11.3 Å². The van der Waals surface area contributed by atoms with Gasteiger partial charge in [0.1, 0.15) is 16.7 Å². The number of nitro groups is 1. The molecule has 0 bridgehead atoms. The summed E-state index contributed by atoms with van der Waals surface area (Å²) >= 11 is 1.08. The number of likely N-dealkylation sites (N-methyl/N-ethyl adjacent to an activating group) is 2. The number of phenolic OH excluding ortho intramolecular Hbond substituents is 1. The standard InChI is InChI=1S/C37H56N6O10S/c1-12-21(4)31(40-36(50)37(7,8)41(9)10)34(47)42(11)27(20(2)3)18-30(53-23(6)44)33-39-26(19-54-33)32(46)38-25(15-22(5)35(48)49)16-24-13-14-29(45)28(17-24)43(51)52/h13-14,17,19-22,25,27,30-31,45H,12,15-16,18H2,1-11H3,(H,38,46)(H,40,50)(H,48,49)/t21-,22-,25+,27+,30+,31-/m0/s1. The van der Waals surface area contributed by atoms with Crippen molar-refractivity contribution < 1.29 is 43.8 Å². The van der Waals surface area contributed by atoms with Gasteiger partial charge in [-0.3, -0.25) is 39.0 Å². The summed E-state index contributed by atoms with van der Waals surface area (Å²) in [5, 5.41) is 38.3. The summed E-state index contributed by atoms with van der Waals surface area (Å²) in [5.41, 5.74) is -1.03. The number of aromatic nitrogens is 1. The first-order valence-corrected chi connectivity index (χ1v) is 18.8. The zero-order valence-corrected chi connectivity index (χ0v) is 33.9. The van der Waals surface area contributed by atoms with Crippen LogP contribution in [0.2, 0.25) is 0 Å². The molecule has 0 saturated carbocycles. The van der Waals surface area contributed by atoms with Crippen molar-refractivity contribution in [1.82, 2.24) is 25.4 Å². The molecule has 0 fully saturated rings. The number of carbonyl (C=O) groups is 5. The summed E-state index contributed by atoms with van der Waals surface area (Å²) in [6.45, 7) is 13.9. The third-order valence-electron chi connectivity index (χ3n) is 9.96. The number of carboxylic acids is 1. The highest BCUT2D eigenvalue weighted by Crippen LogP contribution is 2.32. The Morgan fingerprint density at radius 1 is 1.06 bits per heavy atom. The smallest absolute Gasteiger partial charge is 0.310 e. The second kappa shape index (κ2) is 19.6. The van der Waals surface area contributed by atoms with E-state index >= 15 is 0 Å². The molecule has 2 rings (SSSR count). The molecule has 4 N–H and O–H groups in total. The lowest BCUT2D eigenvalue weighted by Crippen LogP contribution is -2.60. The number of nitrogens with one attached hydrogen (secondary N) is 2. The summed E-state index contributed by atoms with van der Waals surface area (Å²) in [7, 11) is 5.22. The average molecular weight is 777 g/mol. The number of aromatic hydroxyl groups is 1. The van der Waals surface area contributed by atoms with Gasteiger partial charge in [0, 0.05) is 43.9 Å². The fourth-order valence-corrected chi connectivity index (χ4v) is 6.57. The molecule has 300 valence electrons. The summed E-state index contributed by atoms with van der Waals surface area (Å²) in [4.78, 5) is 83.4. The van der Waals surface area contributed by atoms with E-state index < -0.39 is 69.9 Å². The molecule has 1 aromatic heterocycles. The Hall–Kier alpha value is -4.64. The summed E-state index contributed by atoms with van der Waals surface area (Å²) in [6.07, 6.45) is -0.162. The lowest BCUT2D eigenvalue weighted by Gasteiger charge is -2.38. The zero-order valence-electron chi connectivity index (χ0n) is 33.0. The van der Waals surface area contributed by atoms with E-state index in [1.165, 1.54) is 31.4 Å². The van der Waals surface area contributed by atoms with Gasteiger partial charge in [-0.2, -0.15) is 0 Å². The molecule has 6 atom stereocenters. The second-order valence-electron chi connectivity index (χ2n) is 14.9. The van der Waals surface area contributed by atoms with E-state index in [2.05, 4.69) is 15.6 Å². The SMILES string of the molecule is CC[C@H](C)[C@H](NC(=O)C(C)(C)N(C)C)C(=O)N(C)[C@H](C[C@@H](OC(C)=O)c1nc(C(=O)N[C@@H](Cc2ccc(O)c([N+](=O)[O-])c2)C[C@H](C)C(=O)O)cs1)C(C)C. The number of phenols is 1. The van der Waals surface area contributed by atoms with Gasteiger partial charge in [-0.1, -0.05) is 47.1 Å². The predicted molar refractivity (Wildman–Crippen MR) is 203 cm³/mol. The van der Waals surface area contributed by atoms with Crippen LogP contribution in [-0.4, -0.2) is 104 Å². The van der Waals surface area contributed by atoms with Crippen LogP contribution in [-0.2, 0) is 30.3 Å². The van der Waals surface area contributed by atoms with Gasteiger partial charge in [-0.15, -0.1) is 11.3 Å². The van der Waals surface area contributed by atoms with Crippen molar-refractivity contribution in [2.24, 2.45) is 17.8 Å². The van der Waals surface area contributed by atoms with Crippen molar-refractivity contribution in [3.63, 3.8) is 0 Å². The molecule has 0 saturated heterocycles. The van der Waals surface area contributed by atoms with E-state index in [4.69, 9.17) is 4.74 Å². The minimum Gasteiger partial charge on any atom is -0.502 e. The Morgan fingerprint density at radius 3 is 2.20 bits per heavy atom. The average Bonchev–Trinajstić information content (AvgIpc) is 3.58. The first kappa shape index (κ1) is 45.5. The van der Waals surface area contributed by atoms with E-state index in [9.17, 15) is 44.3 Å². The zero-order chi connectivity index (χ0) is 41.2. The Kier molecular flexibility index (Phi) is 16.5. The number of nitrogens with zero attached hydrogens (tertiary/aromatic N) is 4. The first-order chi connectivity index (χ1) is 25.0. The molecule has 0 radical (unpaired) electrons. The number of carbonyl (C=O) groups excluding carboxylic acids is 4. The number of hydrogen-bond donors (Lipinski definition) is 4. The van der Waals surface area contributed by atoms with Crippen LogP contribution in [0, 0.1) is 27.9 Å². The van der Waals surface area contributed by atoms with E-state index in [0.717, 1.165) is 17.4 Å². The molecule has 54 heavy (non-hydrogen) atoms. The molecule has 0 spiro atoms. The van der Waals surface area contributed by atoms with Gasteiger partial charge in [0.15, 0.2) is 11.9 Å². The molecule has 0 aliphatic heterocycles. The molecular formula is C37H56N6O10S. The number of carboxylic acid groups (broad SMARTS) is 1. The predicted octanol–water partition coefficient (Wildman–Crippen LogP) is 4.56. The number of rotatable bonds is 20. The van der Waals surface area contributed by atoms with E-state index in [1.807, 2.05) is 27.7 Å². The van der Waals surface area contributed by atoms with Crippen LogP contribution in [0.3, 0.4) is 0 Å². The Balaban J connectivity index is 2.39. The van der Waals surface area contributed by atoms with Gasteiger partial charge in [-0.05, 0) is 64.3 Å². The van der Waals surface area contributed by atoms with Gasteiger partial charge in [-0.25, -0.2) is 4.98 Å². The molecule has 0 aliphatic carbocycles. The quantitative estimate of drug-likeness (QED) is 0.0826. The number of hydrogen-bond acceptors (Lipinski definition) is 12. The number of aliphatic carboxylic acids is 1. The molecule has 17 heteroatoms. The maximum Gasteiger partial charge on any atom is 0.310 e. The highest BCUT2D eigenvalue weighted by atomic mass is 32.1. The molecule has 16 nitrogen and oxygen atoms in total. The Morgan fingerprint density at radius 2 is 1.69 bits per heavy atom. The topological polar surface area (TPSA) is 222 Å². The maximum absolute atomic E-state index is 14.1. The second-order valence-corrected chi connectivity index (χ2v) is 15.8.